The summed E-state index contributed by atoms with van der Waals surface area (Å²) in [7, 11) is 6.75. The van der Waals surface area contributed by atoms with Gasteiger partial charge in [0.2, 0.25) is 0 Å². The van der Waals surface area contributed by atoms with Gasteiger partial charge in [-0.15, -0.1) is 0 Å². The first-order chi connectivity index (χ1) is 17.0. The zero-order chi connectivity index (χ0) is 27.7. The maximum atomic E-state index is 5.88. The summed E-state index contributed by atoms with van der Waals surface area (Å²) in [5.41, 5.74) is 0. The van der Waals surface area contributed by atoms with Gasteiger partial charge in [0.05, 0.1) is 12.2 Å². The molecule has 2 saturated carbocycles. The molecular weight excluding hydrogens is 492 g/mol. The summed E-state index contributed by atoms with van der Waals surface area (Å²) in [6.07, 6.45) is 10.0. The second kappa shape index (κ2) is 23.7. The van der Waals surface area contributed by atoms with Gasteiger partial charge in [-0.2, -0.15) is 0 Å². The predicted molar refractivity (Wildman–Crippen MR) is 158 cm³/mol. The van der Waals surface area contributed by atoms with Crippen LogP contribution in [0.25, 0.3) is 0 Å². The smallest absolute Gasteiger partial charge is 0.388 e. The van der Waals surface area contributed by atoms with Crippen molar-refractivity contribution < 1.29 is 23.7 Å². The molecule has 0 saturated heterocycles. The van der Waals surface area contributed by atoms with Crippen LogP contribution in [-0.4, -0.2) is 92.0 Å². The molecule has 0 spiro atoms. The molecule has 0 bridgehead atoms. The van der Waals surface area contributed by atoms with E-state index < -0.39 is 0 Å². The zero-order valence-corrected chi connectivity index (χ0v) is 29.1. The molecule has 218 valence electrons. The Morgan fingerprint density at radius 1 is 0.676 bits per heavy atom. The van der Waals surface area contributed by atoms with E-state index in [2.05, 4.69) is 60.1 Å². The van der Waals surface area contributed by atoms with Crippen molar-refractivity contribution in [2.24, 2.45) is 47.3 Å². The molecule has 2 aliphatic carbocycles. The molecule has 5 nitrogen and oxygen atoms in total. The topological polar surface area (TPSA) is 46.2 Å². The summed E-state index contributed by atoms with van der Waals surface area (Å²) in [6.45, 7) is 19.3. The van der Waals surface area contributed by atoms with Crippen molar-refractivity contribution in [3.8, 4) is 0 Å². The summed E-state index contributed by atoms with van der Waals surface area (Å²) in [5, 5.41) is 0. The Hall–Kier alpha value is 1.06. The van der Waals surface area contributed by atoms with Gasteiger partial charge in [-0.05, 0) is 92.3 Å². The van der Waals surface area contributed by atoms with Gasteiger partial charge in [0.25, 0.3) is 0 Å². The molecule has 0 N–H and O–H groups in total. The fourth-order valence-corrected chi connectivity index (χ4v) is 6.00. The maximum Gasteiger partial charge on any atom is 2.00 e. The minimum Gasteiger partial charge on any atom is -0.388 e. The van der Waals surface area contributed by atoms with Crippen LogP contribution >= 0.6 is 0 Å². The number of rotatable bonds is 11. The number of hydrogen-bond acceptors (Lipinski definition) is 5. The molecule has 2 fully saturated rings. The molecule has 0 aromatic heterocycles. The minimum atomic E-state index is 0. The largest absolute Gasteiger partial charge is 2.00 e. The Labute approximate surface area is 261 Å². The molecule has 2 aliphatic rings. The van der Waals surface area contributed by atoms with Gasteiger partial charge >= 0.3 is 37.7 Å². The van der Waals surface area contributed by atoms with Crippen LogP contribution in [0.4, 0.5) is 0 Å². The van der Waals surface area contributed by atoms with Crippen molar-refractivity contribution in [2.45, 2.75) is 113 Å². The van der Waals surface area contributed by atoms with Crippen LogP contribution in [0.1, 0.15) is 100 Å². The van der Waals surface area contributed by atoms with Crippen LogP contribution in [0.15, 0.2) is 0 Å². The van der Waals surface area contributed by atoms with Gasteiger partial charge in [-0.3, -0.25) is 0 Å². The molecule has 6 heteroatoms. The van der Waals surface area contributed by atoms with E-state index in [9.17, 15) is 0 Å². The van der Waals surface area contributed by atoms with E-state index in [4.69, 9.17) is 18.9 Å². The van der Waals surface area contributed by atoms with Crippen LogP contribution < -0.4 is 0 Å². The normalized spacial score (nSPS) is 27.9. The average molecular weight is 557 g/mol. The molecule has 37 heavy (non-hydrogen) atoms. The van der Waals surface area contributed by atoms with Crippen molar-refractivity contribution >= 4 is 37.7 Å². The Morgan fingerprint density at radius 2 is 1.27 bits per heavy atom. The van der Waals surface area contributed by atoms with E-state index in [1.165, 1.54) is 44.9 Å². The summed E-state index contributed by atoms with van der Waals surface area (Å²) >= 11 is 0. The van der Waals surface area contributed by atoms with Gasteiger partial charge in [0.15, 0.2) is 0 Å². The van der Waals surface area contributed by atoms with Crippen LogP contribution in [-0.2, 0) is 23.7 Å². The molecule has 0 amide bonds. The molecule has 0 radical (unpaired) electrons. The number of hydrogen-bond donors (Lipinski definition) is 0. The quantitative estimate of drug-likeness (QED) is 0.148. The number of methoxy groups -OCH3 is 3. The van der Waals surface area contributed by atoms with Crippen LogP contribution in [0.3, 0.4) is 0 Å². The SMILES string of the molecule is COC.COCOCO[C@@H]1CCC(C(C)C)CC1C(C)C.CO[C@@H]1CC(CC(C)C)CC(C(C)C)C1.[Ca+2]. The second-order valence-corrected chi connectivity index (χ2v) is 12.6. The maximum absolute atomic E-state index is 5.88. The third-order valence-corrected chi connectivity index (χ3v) is 8.12. The Bertz CT molecular complexity index is 500. The van der Waals surface area contributed by atoms with Crippen molar-refractivity contribution in [3.63, 3.8) is 0 Å². The van der Waals surface area contributed by atoms with Crippen LogP contribution in [0, 0.1) is 47.3 Å². The number of ether oxygens (including phenoxy) is 5. The Morgan fingerprint density at radius 3 is 1.73 bits per heavy atom. The molecule has 0 aromatic rings. The van der Waals surface area contributed by atoms with E-state index in [0.717, 1.165) is 35.5 Å². The first kappa shape index (κ1) is 40.2. The summed E-state index contributed by atoms with van der Waals surface area (Å²) in [4.78, 5) is 0. The van der Waals surface area contributed by atoms with Crippen molar-refractivity contribution in [2.75, 3.05) is 42.0 Å². The van der Waals surface area contributed by atoms with E-state index in [0.29, 0.717) is 37.6 Å². The monoisotopic (exact) mass is 556 g/mol. The average Bonchev–Trinajstić information content (AvgIpc) is 2.82. The van der Waals surface area contributed by atoms with Gasteiger partial charge in [0, 0.05) is 28.4 Å². The van der Waals surface area contributed by atoms with Crippen LogP contribution in [0.5, 0.6) is 0 Å². The van der Waals surface area contributed by atoms with E-state index in [1.807, 2.05) is 7.11 Å². The predicted octanol–water partition coefficient (Wildman–Crippen LogP) is 7.68. The van der Waals surface area contributed by atoms with Crippen LogP contribution in [0.2, 0.25) is 0 Å². The van der Waals surface area contributed by atoms with E-state index >= 15 is 0 Å². The second-order valence-electron chi connectivity index (χ2n) is 12.6. The fraction of sp³-hybridized carbons (Fsp3) is 1.00. The van der Waals surface area contributed by atoms with E-state index in [-0.39, 0.29) is 37.7 Å². The minimum absolute atomic E-state index is 0. The third-order valence-electron chi connectivity index (χ3n) is 8.12. The molecule has 0 aromatic carbocycles. The first-order valence-electron chi connectivity index (χ1n) is 14.6. The zero-order valence-electron chi connectivity index (χ0n) is 26.9. The molecule has 0 aliphatic heterocycles. The molecule has 4 unspecified atom stereocenters. The molecule has 6 atom stereocenters. The van der Waals surface area contributed by atoms with E-state index in [1.54, 1.807) is 21.3 Å². The van der Waals surface area contributed by atoms with Crippen molar-refractivity contribution in [1.82, 2.24) is 0 Å². The fourth-order valence-electron chi connectivity index (χ4n) is 6.00. The third kappa shape index (κ3) is 18.2. The van der Waals surface area contributed by atoms with Gasteiger partial charge in [0.1, 0.15) is 13.6 Å². The van der Waals surface area contributed by atoms with Crippen molar-refractivity contribution in [1.29, 1.82) is 0 Å². The molecule has 2 rings (SSSR count). The van der Waals surface area contributed by atoms with Gasteiger partial charge in [-0.1, -0.05) is 55.4 Å². The standard InChI is InChI=1S/C15H30O3.C14H28O.C2H6O.Ca/c1-11(2)13-6-7-15(14(8-13)12(3)4)18-10-17-9-16-5;1-10(2)6-12-7-13(11(3)4)9-14(8-12)15-5;1-3-2;/h11-15H,6-10H2,1-5H3;10-14H,6-9H2,1-5H3;1-2H3;/q;;;+2/t13?,14?,15-;12?,13?,14-;;/m11../s1. The molecule has 0 heterocycles. The summed E-state index contributed by atoms with van der Waals surface area (Å²) in [6, 6.07) is 0. The van der Waals surface area contributed by atoms with Gasteiger partial charge < -0.3 is 23.7 Å². The Balaban J connectivity index is 0. The Kier molecular flexibility index (Phi) is 25.8. The summed E-state index contributed by atoms with van der Waals surface area (Å²) < 4.78 is 25.8. The summed E-state index contributed by atoms with van der Waals surface area (Å²) in [5.74, 6) is 6.42. The molecular formula is C31H64CaO5+2. The first-order valence-corrected chi connectivity index (χ1v) is 14.6. The van der Waals surface area contributed by atoms with Crippen molar-refractivity contribution in [3.05, 3.63) is 0 Å². The van der Waals surface area contributed by atoms with Gasteiger partial charge in [-0.25, -0.2) is 0 Å².